The van der Waals surface area contributed by atoms with Crippen LogP contribution in [0.2, 0.25) is 0 Å². The fourth-order valence-electron chi connectivity index (χ4n) is 3.78. The molecule has 5 nitrogen and oxygen atoms in total. The van der Waals surface area contributed by atoms with E-state index in [1.807, 2.05) is 32.2 Å². The van der Waals surface area contributed by atoms with Gasteiger partial charge in [-0.2, -0.15) is 0 Å². The average molecular weight is 388 g/mol. The first-order valence-electron chi connectivity index (χ1n) is 10.4. The Labute approximate surface area is 170 Å². The van der Waals surface area contributed by atoms with Gasteiger partial charge in [0.05, 0.1) is 5.54 Å². The van der Waals surface area contributed by atoms with E-state index in [0.717, 1.165) is 31.5 Å². The van der Waals surface area contributed by atoms with Crippen molar-refractivity contribution in [2.45, 2.75) is 78.8 Å². The summed E-state index contributed by atoms with van der Waals surface area (Å²) in [6.07, 6.45) is 7.07. The summed E-state index contributed by atoms with van der Waals surface area (Å²) in [5.74, 6) is 0. The predicted molar refractivity (Wildman–Crippen MR) is 115 cm³/mol. The third kappa shape index (κ3) is 5.06. The summed E-state index contributed by atoms with van der Waals surface area (Å²) < 4.78 is 1.80. The van der Waals surface area contributed by atoms with Crippen molar-refractivity contribution in [1.82, 2.24) is 14.4 Å². The van der Waals surface area contributed by atoms with Crippen LogP contribution in [0.25, 0.3) is 0 Å². The van der Waals surface area contributed by atoms with Gasteiger partial charge in [-0.05, 0) is 44.2 Å². The summed E-state index contributed by atoms with van der Waals surface area (Å²) in [4.78, 5) is 29.3. The van der Waals surface area contributed by atoms with E-state index in [9.17, 15) is 9.59 Å². The molecule has 0 saturated carbocycles. The molecule has 1 aliphatic rings. The van der Waals surface area contributed by atoms with Crippen molar-refractivity contribution >= 4 is 6.03 Å². The molecule has 0 atom stereocenters. The van der Waals surface area contributed by atoms with Gasteiger partial charge in [-0.1, -0.05) is 40.2 Å². The van der Waals surface area contributed by atoms with Crippen LogP contribution < -0.4 is 5.56 Å². The lowest BCUT2D eigenvalue weighted by Crippen LogP contribution is -2.55. The largest absolute Gasteiger partial charge is 0.324 e. The van der Waals surface area contributed by atoms with Crippen molar-refractivity contribution in [3.63, 3.8) is 0 Å². The molecule has 28 heavy (non-hydrogen) atoms. The van der Waals surface area contributed by atoms with Gasteiger partial charge in [-0.15, -0.1) is 0 Å². The number of aromatic nitrogens is 1. The Hall–Kier alpha value is -2.04. The number of nitrogens with zero attached hydrogens (tertiary/aromatic N) is 3. The Balaban J connectivity index is 2.12. The summed E-state index contributed by atoms with van der Waals surface area (Å²) in [7, 11) is 1.74. The van der Waals surface area contributed by atoms with Gasteiger partial charge in [0.1, 0.15) is 0 Å². The molecular weight excluding hydrogens is 350 g/mol. The molecule has 5 heteroatoms. The van der Waals surface area contributed by atoms with E-state index in [2.05, 4.69) is 27.4 Å². The number of carbonyl (C=O) groups is 1. The van der Waals surface area contributed by atoms with Crippen molar-refractivity contribution < 1.29 is 4.79 Å². The standard InChI is InChI=1S/C23H37N3O2/c1-18-13-17-26(21(28)24(18)7)23(5,6)19-12-11-16-25(20(19)27)15-10-8-9-14-22(2,3)4/h11-12,16H,1,8-10,13-15,17H2,2-7H3. The van der Waals surface area contributed by atoms with Crippen LogP contribution in [0, 0.1) is 5.41 Å². The van der Waals surface area contributed by atoms with Crippen molar-refractivity contribution in [2.75, 3.05) is 13.6 Å². The van der Waals surface area contributed by atoms with E-state index in [-0.39, 0.29) is 11.6 Å². The molecule has 0 aromatic carbocycles. The minimum absolute atomic E-state index is 0.00294. The van der Waals surface area contributed by atoms with Crippen LogP contribution in [0.5, 0.6) is 0 Å². The van der Waals surface area contributed by atoms with Gasteiger partial charge in [-0.3, -0.25) is 4.79 Å². The maximum atomic E-state index is 13.1. The maximum absolute atomic E-state index is 13.1. The monoisotopic (exact) mass is 387 g/mol. The molecule has 0 aliphatic carbocycles. The number of carbonyl (C=O) groups excluding carboxylic acids is 1. The zero-order chi connectivity index (χ0) is 21.1. The second-order valence-corrected chi connectivity index (χ2v) is 9.66. The van der Waals surface area contributed by atoms with Gasteiger partial charge in [0.2, 0.25) is 0 Å². The Bertz CT molecular complexity index is 771. The fourth-order valence-corrected chi connectivity index (χ4v) is 3.78. The first-order valence-corrected chi connectivity index (χ1v) is 10.4. The zero-order valence-electron chi connectivity index (χ0n) is 18.5. The highest BCUT2D eigenvalue weighted by Gasteiger charge is 2.39. The number of unbranched alkanes of at least 4 members (excludes halogenated alkanes) is 2. The average Bonchev–Trinajstić information content (AvgIpc) is 2.59. The van der Waals surface area contributed by atoms with E-state index in [1.54, 1.807) is 21.4 Å². The second-order valence-electron chi connectivity index (χ2n) is 9.66. The van der Waals surface area contributed by atoms with Gasteiger partial charge >= 0.3 is 6.03 Å². The number of urea groups is 1. The maximum Gasteiger partial charge on any atom is 0.324 e. The van der Waals surface area contributed by atoms with Crippen LogP contribution in [0.1, 0.15) is 72.3 Å². The summed E-state index contributed by atoms with van der Waals surface area (Å²) in [5, 5.41) is 0. The minimum Gasteiger partial charge on any atom is -0.315 e. The highest BCUT2D eigenvalue weighted by atomic mass is 16.2. The molecule has 0 spiro atoms. The van der Waals surface area contributed by atoms with E-state index in [0.29, 0.717) is 17.5 Å². The molecule has 1 aromatic heterocycles. The second kappa shape index (κ2) is 8.54. The minimum atomic E-state index is -0.668. The molecule has 0 N–H and O–H groups in total. The molecule has 1 fully saturated rings. The molecule has 1 aromatic rings. The lowest BCUT2D eigenvalue weighted by molar-refractivity contribution is 0.0974. The number of aryl methyl sites for hydroxylation is 1. The van der Waals surface area contributed by atoms with E-state index >= 15 is 0 Å². The van der Waals surface area contributed by atoms with Gasteiger partial charge < -0.3 is 14.4 Å². The number of rotatable bonds is 7. The number of pyridine rings is 1. The third-order valence-corrected chi connectivity index (χ3v) is 5.80. The molecule has 2 heterocycles. The molecule has 0 radical (unpaired) electrons. The van der Waals surface area contributed by atoms with Crippen molar-refractivity contribution in [1.29, 1.82) is 0 Å². The summed E-state index contributed by atoms with van der Waals surface area (Å²) >= 11 is 0. The van der Waals surface area contributed by atoms with Crippen LogP contribution in [0.4, 0.5) is 4.79 Å². The molecule has 1 saturated heterocycles. The van der Waals surface area contributed by atoms with E-state index in [1.165, 1.54) is 12.8 Å². The first kappa shape index (κ1) is 22.3. The predicted octanol–water partition coefficient (Wildman–Crippen LogP) is 4.96. The molecular formula is C23H37N3O2. The Morgan fingerprint density at radius 3 is 2.39 bits per heavy atom. The third-order valence-electron chi connectivity index (χ3n) is 5.80. The number of hydrogen-bond donors (Lipinski definition) is 0. The molecule has 0 unspecified atom stereocenters. The summed E-state index contributed by atoms with van der Waals surface area (Å²) in [6, 6.07) is 3.68. The summed E-state index contributed by atoms with van der Waals surface area (Å²) in [6.45, 7) is 15.9. The normalized spacial score (nSPS) is 16.1. The first-order chi connectivity index (χ1) is 12.9. The lowest BCUT2D eigenvalue weighted by atomic mass is 9.89. The highest BCUT2D eigenvalue weighted by Crippen LogP contribution is 2.30. The van der Waals surface area contributed by atoms with Gasteiger partial charge in [0.15, 0.2) is 0 Å². The van der Waals surface area contributed by atoms with Crippen LogP contribution in [-0.2, 0) is 12.1 Å². The summed E-state index contributed by atoms with van der Waals surface area (Å²) in [5.41, 5.74) is 1.18. The van der Waals surface area contributed by atoms with Gasteiger partial charge in [-0.25, -0.2) is 4.79 Å². The lowest BCUT2D eigenvalue weighted by Gasteiger charge is -2.44. The number of hydrogen-bond acceptors (Lipinski definition) is 2. The quantitative estimate of drug-likeness (QED) is 0.621. The Kier molecular flexibility index (Phi) is 6.79. The van der Waals surface area contributed by atoms with Crippen LogP contribution in [-0.4, -0.2) is 34.0 Å². The van der Waals surface area contributed by atoms with Crippen LogP contribution in [0.15, 0.2) is 35.4 Å². The zero-order valence-corrected chi connectivity index (χ0v) is 18.5. The van der Waals surface area contributed by atoms with E-state index < -0.39 is 5.54 Å². The molecule has 1 aliphatic heterocycles. The molecule has 2 amide bonds. The topological polar surface area (TPSA) is 45.6 Å². The number of amides is 2. The van der Waals surface area contributed by atoms with Crippen molar-refractivity contribution in [3.05, 3.63) is 46.5 Å². The van der Waals surface area contributed by atoms with Gasteiger partial charge in [0.25, 0.3) is 5.56 Å². The van der Waals surface area contributed by atoms with Crippen LogP contribution in [0.3, 0.4) is 0 Å². The fraction of sp³-hybridized carbons (Fsp3) is 0.652. The van der Waals surface area contributed by atoms with Crippen molar-refractivity contribution in [2.24, 2.45) is 5.41 Å². The molecule has 0 bridgehead atoms. The molecule has 2 rings (SSSR count). The Morgan fingerprint density at radius 2 is 1.75 bits per heavy atom. The van der Waals surface area contributed by atoms with Gasteiger partial charge in [0, 0.05) is 44.0 Å². The highest BCUT2D eigenvalue weighted by molar-refractivity contribution is 5.78. The smallest absolute Gasteiger partial charge is 0.315 e. The van der Waals surface area contributed by atoms with Crippen molar-refractivity contribution in [3.8, 4) is 0 Å². The SMILES string of the molecule is C=C1CCN(C(C)(C)c2cccn(CCCCCC(C)(C)C)c2=O)C(=O)N1C. The van der Waals surface area contributed by atoms with Crippen LogP contribution >= 0.6 is 0 Å². The Morgan fingerprint density at radius 1 is 1.07 bits per heavy atom. The molecule has 156 valence electrons. The van der Waals surface area contributed by atoms with E-state index in [4.69, 9.17) is 0 Å².